The Labute approximate surface area is 155 Å². The van der Waals surface area contributed by atoms with Crippen molar-refractivity contribution in [2.24, 2.45) is 0 Å². The fourth-order valence-electron chi connectivity index (χ4n) is 1.50. The molecule has 1 N–H and O–H groups in total. The van der Waals surface area contributed by atoms with Crippen molar-refractivity contribution >= 4 is 68.9 Å². The van der Waals surface area contributed by atoms with Gasteiger partial charge in [0.15, 0.2) is 5.13 Å². The minimum absolute atomic E-state index is 0.0190. The van der Waals surface area contributed by atoms with Crippen LogP contribution in [-0.4, -0.2) is 26.4 Å². The van der Waals surface area contributed by atoms with Gasteiger partial charge in [0.2, 0.25) is 0 Å². The van der Waals surface area contributed by atoms with Gasteiger partial charge in [0, 0.05) is 5.38 Å². The fraction of sp³-hybridized carbons (Fsp3) is 0.143. The number of aromatic nitrogens is 1. The second-order valence-corrected chi connectivity index (χ2v) is 7.52. The van der Waals surface area contributed by atoms with Gasteiger partial charge >= 0.3 is 5.97 Å². The van der Waals surface area contributed by atoms with Gasteiger partial charge in [0.25, 0.3) is 15.5 Å². The Hall–Kier alpha value is -1.67. The van der Waals surface area contributed by atoms with Gasteiger partial charge in [-0.1, -0.05) is 65.1 Å². The molecule has 0 spiro atoms. The molecule has 0 fully saturated rings. The van der Waals surface area contributed by atoms with Gasteiger partial charge in [-0.2, -0.15) is 0 Å². The number of halogens is 3. The fourth-order valence-corrected chi connectivity index (χ4v) is 2.32. The van der Waals surface area contributed by atoms with E-state index in [9.17, 15) is 14.4 Å². The lowest BCUT2D eigenvalue weighted by Crippen LogP contribution is -2.27. The molecule has 0 unspecified atom stereocenters. The maximum atomic E-state index is 11.9. The van der Waals surface area contributed by atoms with Crippen molar-refractivity contribution in [2.45, 2.75) is 10.4 Å². The zero-order valence-corrected chi connectivity index (χ0v) is 14.9. The molecule has 0 saturated carbocycles. The van der Waals surface area contributed by atoms with Crippen LogP contribution in [0.2, 0.25) is 0 Å². The number of benzene rings is 1. The van der Waals surface area contributed by atoms with E-state index in [1.807, 2.05) is 6.07 Å². The lowest BCUT2D eigenvalue weighted by molar-refractivity contribution is -0.139. The Bertz CT molecular complexity index is 759. The van der Waals surface area contributed by atoms with E-state index in [1.54, 1.807) is 24.3 Å². The Morgan fingerprint density at radius 2 is 1.83 bits per heavy atom. The van der Waals surface area contributed by atoms with Crippen LogP contribution in [0, 0.1) is 0 Å². The summed E-state index contributed by atoms with van der Waals surface area (Å²) in [6.45, 7) is -0.0353. The molecular weight excluding hydrogens is 399 g/mol. The summed E-state index contributed by atoms with van der Waals surface area (Å²) < 4.78 is 2.75. The van der Waals surface area contributed by atoms with E-state index in [2.05, 4.69) is 10.3 Å². The number of rotatable bonds is 5. The molecule has 6 nitrogen and oxygen atoms in total. The number of carbonyl (C=O) groups excluding carboxylic acids is 3. The molecule has 126 valence electrons. The quantitative estimate of drug-likeness (QED) is 0.355. The average molecular weight is 408 g/mol. The molecule has 1 aromatic carbocycles. The number of thiazole rings is 1. The highest BCUT2D eigenvalue weighted by Crippen LogP contribution is 2.28. The molecule has 0 aliphatic rings. The minimum Gasteiger partial charge on any atom is -0.455 e. The second-order valence-electron chi connectivity index (χ2n) is 4.38. The van der Waals surface area contributed by atoms with Crippen LogP contribution in [0.3, 0.4) is 0 Å². The maximum Gasteiger partial charge on any atom is 0.381 e. The van der Waals surface area contributed by atoms with Crippen LogP contribution in [0.4, 0.5) is 5.13 Å². The summed E-state index contributed by atoms with van der Waals surface area (Å²) in [4.78, 5) is 39.0. The number of ether oxygens (including phenoxy) is 1. The molecule has 2 aromatic rings. The van der Waals surface area contributed by atoms with E-state index >= 15 is 0 Å². The van der Waals surface area contributed by atoms with Gasteiger partial charge in [0.1, 0.15) is 12.3 Å². The van der Waals surface area contributed by atoms with Crippen molar-refractivity contribution in [3.05, 3.63) is 47.0 Å². The lowest BCUT2D eigenvalue weighted by atomic mass is 10.2. The second kappa shape index (κ2) is 7.94. The van der Waals surface area contributed by atoms with Crippen LogP contribution < -0.4 is 5.32 Å². The molecule has 10 heteroatoms. The number of esters is 1. The summed E-state index contributed by atoms with van der Waals surface area (Å²) in [7, 11) is 0. The Balaban J connectivity index is 1.95. The highest BCUT2D eigenvalue weighted by molar-refractivity contribution is 7.14. The molecule has 0 aliphatic heterocycles. The maximum absolute atomic E-state index is 11.9. The minimum atomic E-state index is -2.16. The smallest absolute Gasteiger partial charge is 0.381 e. The van der Waals surface area contributed by atoms with E-state index in [4.69, 9.17) is 39.5 Å². The first-order valence-electron chi connectivity index (χ1n) is 6.36. The first kappa shape index (κ1) is 18.7. The highest BCUT2D eigenvalue weighted by Gasteiger charge is 2.31. The summed E-state index contributed by atoms with van der Waals surface area (Å²) in [5.41, 5.74) is 0.574. The zero-order valence-electron chi connectivity index (χ0n) is 11.8. The molecule has 2 rings (SSSR count). The monoisotopic (exact) mass is 406 g/mol. The topological polar surface area (TPSA) is 85.4 Å². The molecule has 1 aromatic heterocycles. The molecule has 24 heavy (non-hydrogen) atoms. The Morgan fingerprint density at radius 1 is 1.17 bits per heavy atom. The first-order chi connectivity index (χ1) is 11.3. The summed E-state index contributed by atoms with van der Waals surface area (Å²) in [6, 6.07) is 8.89. The van der Waals surface area contributed by atoms with Crippen LogP contribution in [0.1, 0.15) is 16.1 Å². The van der Waals surface area contributed by atoms with Crippen molar-refractivity contribution < 1.29 is 19.1 Å². The van der Waals surface area contributed by atoms with Gasteiger partial charge in [0.05, 0.1) is 0 Å². The van der Waals surface area contributed by atoms with Crippen LogP contribution in [0.5, 0.6) is 0 Å². The van der Waals surface area contributed by atoms with Gasteiger partial charge in [-0.05, 0) is 5.56 Å². The largest absolute Gasteiger partial charge is 0.455 e. The summed E-state index contributed by atoms with van der Waals surface area (Å²) in [5, 5.41) is 3.53. The lowest BCUT2D eigenvalue weighted by Gasteiger charge is -2.08. The predicted molar refractivity (Wildman–Crippen MR) is 91.6 cm³/mol. The third kappa shape index (κ3) is 5.17. The average Bonchev–Trinajstić information content (AvgIpc) is 3.00. The number of ketones is 1. The molecule has 0 atom stereocenters. The Morgan fingerprint density at radius 3 is 2.46 bits per heavy atom. The first-order valence-corrected chi connectivity index (χ1v) is 8.38. The van der Waals surface area contributed by atoms with Crippen molar-refractivity contribution in [3.63, 3.8) is 0 Å². The molecular formula is C14H9Cl3N2O4S. The van der Waals surface area contributed by atoms with E-state index in [1.165, 1.54) is 5.38 Å². The number of alkyl halides is 3. The van der Waals surface area contributed by atoms with Crippen molar-refractivity contribution in [1.82, 2.24) is 4.98 Å². The van der Waals surface area contributed by atoms with Crippen LogP contribution in [-0.2, 0) is 20.9 Å². The van der Waals surface area contributed by atoms with Gasteiger partial charge in [-0.25, -0.2) is 9.78 Å². The van der Waals surface area contributed by atoms with Crippen LogP contribution >= 0.6 is 46.1 Å². The third-order valence-electron chi connectivity index (χ3n) is 2.61. The number of hydrogen-bond acceptors (Lipinski definition) is 6. The van der Waals surface area contributed by atoms with E-state index in [0.29, 0.717) is 0 Å². The molecule has 0 saturated heterocycles. The zero-order chi connectivity index (χ0) is 17.7. The molecule has 0 aliphatic carbocycles. The molecule has 1 heterocycles. The summed E-state index contributed by atoms with van der Waals surface area (Å²) in [6.07, 6.45) is 0. The SMILES string of the molecule is O=C(OCc1ccccc1)C(=O)c1csc(NC(=O)C(Cl)(Cl)Cl)n1. The number of nitrogens with one attached hydrogen (secondary N) is 1. The highest BCUT2D eigenvalue weighted by atomic mass is 35.6. The van der Waals surface area contributed by atoms with Gasteiger partial charge in [-0.3, -0.25) is 14.9 Å². The number of anilines is 1. The number of hydrogen-bond donors (Lipinski definition) is 1. The molecule has 0 bridgehead atoms. The van der Waals surface area contributed by atoms with Crippen LogP contribution in [0.25, 0.3) is 0 Å². The van der Waals surface area contributed by atoms with E-state index in [0.717, 1.165) is 16.9 Å². The summed E-state index contributed by atoms with van der Waals surface area (Å²) in [5.74, 6) is -2.91. The number of Topliss-reactive ketones (excluding diaryl/α,β-unsaturated/α-hetero) is 1. The van der Waals surface area contributed by atoms with E-state index in [-0.39, 0.29) is 17.4 Å². The van der Waals surface area contributed by atoms with E-state index < -0.39 is 21.5 Å². The van der Waals surface area contributed by atoms with Gasteiger partial charge in [-0.15, -0.1) is 11.3 Å². The summed E-state index contributed by atoms with van der Waals surface area (Å²) >= 11 is 17.1. The molecule has 0 radical (unpaired) electrons. The number of nitrogens with zero attached hydrogens (tertiary/aromatic N) is 1. The Kier molecular flexibility index (Phi) is 6.17. The number of carbonyl (C=O) groups is 3. The van der Waals surface area contributed by atoms with Gasteiger partial charge < -0.3 is 4.74 Å². The normalized spacial score (nSPS) is 11.0. The van der Waals surface area contributed by atoms with Crippen molar-refractivity contribution in [1.29, 1.82) is 0 Å². The molecule has 1 amide bonds. The van der Waals surface area contributed by atoms with Crippen LogP contribution in [0.15, 0.2) is 35.7 Å². The standard InChI is InChI=1S/C14H9Cl3N2O4S/c15-14(16,17)12(22)19-13-18-9(7-24-13)10(20)11(21)23-6-8-4-2-1-3-5-8/h1-5,7H,6H2,(H,18,19,22). The predicted octanol–water partition coefficient (Wildman–Crippen LogP) is 3.38. The number of amides is 1. The third-order valence-corrected chi connectivity index (χ3v) is 3.89. The van der Waals surface area contributed by atoms with Crippen molar-refractivity contribution in [2.75, 3.05) is 5.32 Å². The van der Waals surface area contributed by atoms with Crippen molar-refractivity contribution in [3.8, 4) is 0 Å².